The topological polar surface area (TPSA) is 68.3 Å². The summed E-state index contributed by atoms with van der Waals surface area (Å²) in [4.78, 5) is 28.3. The van der Waals surface area contributed by atoms with Crippen LogP contribution in [-0.2, 0) is 23.4 Å². The maximum Gasteiger partial charge on any atom is 0.267 e. The molecule has 0 aliphatic heterocycles. The van der Waals surface area contributed by atoms with Crippen molar-refractivity contribution in [2.24, 2.45) is 0 Å². The molecule has 4 aromatic rings. The molecule has 2 aromatic heterocycles. The van der Waals surface area contributed by atoms with Gasteiger partial charge in [0, 0.05) is 19.2 Å². The predicted octanol–water partition coefficient (Wildman–Crippen LogP) is 4.47. The summed E-state index contributed by atoms with van der Waals surface area (Å²) < 4.78 is 6.67. The lowest BCUT2D eigenvalue weighted by atomic mass is 10.0. The number of carbonyl (C=O) groups excluding carboxylic acids is 1. The van der Waals surface area contributed by atoms with Crippen molar-refractivity contribution in [2.75, 3.05) is 0 Å². The minimum atomic E-state index is -1.21. The van der Waals surface area contributed by atoms with Gasteiger partial charge in [0.25, 0.3) is 11.5 Å². The first-order valence-corrected chi connectivity index (χ1v) is 10.5. The molecular formula is C26H25N3O3. The number of furan rings is 1. The predicted molar refractivity (Wildman–Crippen MR) is 123 cm³/mol. The Balaban J connectivity index is 1.70. The van der Waals surface area contributed by atoms with Gasteiger partial charge in [-0.1, -0.05) is 60.7 Å². The van der Waals surface area contributed by atoms with Gasteiger partial charge in [0.2, 0.25) is 0 Å². The van der Waals surface area contributed by atoms with Crippen molar-refractivity contribution >= 4 is 5.91 Å². The fraction of sp³-hybridized carbons (Fsp3) is 0.192. The van der Waals surface area contributed by atoms with Crippen LogP contribution in [0.4, 0.5) is 0 Å². The van der Waals surface area contributed by atoms with Crippen molar-refractivity contribution < 1.29 is 9.21 Å². The number of rotatable bonds is 7. The fourth-order valence-electron chi connectivity index (χ4n) is 3.65. The summed E-state index contributed by atoms with van der Waals surface area (Å²) in [5.41, 5.74) is 0.962. The highest BCUT2D eigenvalue weighted by Gasteiger charge is 2.36. The van der Waals surface area contributed by atoms with E-state index in [4.69, 9.17) is 4.42 Å². The van der Waals surface area contributed by atoms with Crippen molar-refractivity contribution in [1.82, 2.24) is 14.7 Å². The van der Waals surface area contributed by atoms with Crippen molar-refractivity contribution in [2.45, 2.75) is 32.5 Å². The number of carbonyl (C=O) groups is 1. The van der Waals surface area contributed by atoms with Crippen LogP contribution in [0.15, 0.2) is 100 Å². The Morgan fingerprint density at radius 3 is 2.00 bits per heavy atom. The molecule has 0 N–H and O–H groups in total. The van der Waals surface area contributed by atoms with E-state index < -0.39 is 5.54 Å². The molecule has 6 heteroatoms. The zero-order chi connectivity index (χ0) is 22.6. The second-order valence-electron chi connectivity index (χ2n) is 8.14. The van der Waals surface area contributed by atoms with Gasteiger partial charge < -0.3 is 9.32 Å². The second kappa shape index (κ2) is 9.06. The number of benzene rings is 2. The van der Waals surface area contributed by atoms with E-state index >= 15 is 0 Å². The summed E-state index contributed by atoms with van der Waals surface area (Å²) in [6, 6.07) is 26.2. The summed E-state index contributed by atoms with van der Waals surface area (Å²) >= 11 is 0. The summed E-state index contributed by atoms with van der Waals surface area (Å²) in [7, 11) is 0. The molecule has 2 heterocycles. The quantitative estimate of drug-likeness (QED) is 0.436. The number of hydrogen-bond donors (Lipinski definition) is 0. The third kappa shape index (κ3) is 4.54. The lowest BCUT2D eigenvalue weighted by Gasteiger charge is -2.33. The summed E-state index contributed by atoms with van der Waals surface area (Å²) in [6.07, 6.45) is 1.55. The minimum Gasteiger partial charge on any atom is -0.463 e. The van der Waals surface area contributed by atoms with Crippen molar-refractivity contribution in [1.29, 1.82) is 0 Å². The Kier molecular flexibility index (Phi) is 6.03. The van der Waals surface area contributed by atoms with E-state index in [-0.39, 0.29) is 11.5 Å². The number of aromatic nitrogens is 2. The van der Waals surface area contributed by atoms with Gasteiger partial charge in [-0.3, -0.25) is 9.59 Å². The van der Waals surface area contributed by atoms with E-state index in [1.165, 1.54) is 10.7 Å². The molecule has 0 atom stereocenters. The first kappa shape index (κ1) is 21.3. The van der Waals surface area contributed by atoms with Crippen LogP contribution in [0.1, 0.15) is 25.0 Å². The monoisotopic (exact) mass is 427 g/mol. The molecule has 6 nitrogen and oxygen atoms in total. The van der Waals surface area contributed by atoms with E-state index in [0.717, 1.165) is 11.1 Å². The fourth-order valence-corrected chi connectivity index (χ4v) is 3.65. The highest BCUT2D eigenvalue weighted by Crippen LogP contribution is 2.22. The Morgan fingerprint density at radius 1 is 0.875 bits per heavy atom. The third-order valence-corrected chi connectivity index (χ3v) is 5.35. The van der Waals surface area contributed by atoms with Crippen LogP contribution in [0.3, 0.4) is 0 Å². The molecule has 0 aliphatic carbocycles. The van der Waals surface area contributed by atoms with Crippen LogP contribution < -0.4 is 5.56 Å². The Morgan fingerprint density at radius 2 is 1.47 bits per heavy atom. The van der Waals surface area contributed by atoms with Gasteiger partial charge in [0.1, 0.15) is 11.2 Å². The first-order valence-electron chi connectivity index (χ1n) is 10.5. The summed E-state index contributed by atoms with van der Waals surface area (Å²) in [5, 5.41) is 4.47. The van der Waals surface area contributed by atoms with Crippen LogP contribution in [0.5, 0.6) is 0 Å². The molecule has 4 rings (SSSR count). The molecule has 0 fully saturated rings. The van der Waals surface area contributed by atoms with Gasteiger partial charge in [0.05, 0.1) is 6.26 Å². The normalized spacial score (nSPS) is 11.3. The average molecular weight is 428 g/mol. The van der Waals surface area contributed by atoms with Crippen molar-refractivity contribution in [3.63, 3.8) is 0 Å². The minimum absolute atomic E-state index is 0.198. The Labute approximate surface area is 186 Å². The van der Waals surface area contributed by atoms with Gasteiger partial charge in [0.15, 0.2) is 5.76 Å². The van der Waals surface area contributed by atoms with Gasteiger partial charge in [-0.25, -0.2) is 4.68 Å². The van der Waals surface area contributed by atoms with E-state index in [0.29, 0.717) is 24.5 Å². The zero-order valence-electron chi connectivity index (χ0n) is 18.1. The summed E-state index contributed by atoms with van der Waals surface area (Å²) in [6.45, 7) is 4.28. The zero-order valence-corrected chi connectivity index (χ0v) is 18.1. The Bertz CT molecular complexity index is 1190. The molecule has 0 saturated heterocycles. The van der Waals surface area contributed by atoms with Crippen LogP contribution in [-0.4, -0.2) is 20.6 Å². The molecule has 1 amide bonds. The Hall–Kier alpha value is -3.93. The van der Waals surface area contributed by atoms with Crippen molar-refractivity contribution in [3.8, 4) is 11.5 Å². The molecule has 162 valence electrons. The van der Waals surface area contributed by atoms with Crippen LogP contribution in [0.2, 0.25) is 0 Å². The van der Waals surface area contributed by atoms with Gasteiger partial charge in [-0.05, 0) is 43.2 Å². The molecule has 32 heavy (non-hydrogen) atoms. The molecule has 0 bridgehead atoms. The van der Waals surface area contributed by atoms with E-state index in [9.17, 15) is 9.59 Å². The molecule has 0 unspecified atom stereocenters. The van der Waals surface area contributed by atoms with E-state index in [1.807, 2.05) is 60.7 Å². The number of hydrogen-bond acceptors (Lipinski definition) is 4. The van der Waals surface area contributed by atoms with Crippen LogP contribution in [0, 0.1) is 0 Å². The van der Waals surface area contributed by atoms with Gasteiger partial charge >= 0.3 is 0 Å². The number of amides is 1. The van der Waals surface area contributed by atoms with E-state index in [2.05, 4.69) is 5.10 Å². The van der Waals surface area contributed by atoms with E-state index in [1.54, 1.807) is 43.2 Å². The van der Waals surface area contributed by atoms with Gasteiger partial charge in [-0.2, -0.15) is 5.10 Å². The van der Waals surface area contributed by atoms with Gasteiger partial charge in [-0.15, -0.1) is 0 Å². The second-order valence-corrected chi connectivity index (χ2v) is 8.14. The lowest BCUT2D eigenvalue weighted by Crippen LogP contribution is -2.50. The smallest absolute Gasteiger partial charge is 0.267 e. The van der Waals surface area contributed by atoms with Crippen molar-refractivity contribution in [3.05, 3.63) is 113 Å². The maximum absolute atomic E-state index is 13.8. The third-order valence-electron chi connectivity index (χ3n) is 5.35. The molecule has 0 spiro atoms. The average Bonchev–Trinajstić information content (AvgIpc) is 3.35. The summed E-state index contributed by atoms with van der Waals surface area (Å²) in [5.74, 6) is 0.337. The first-order chi connectivity index (χ1) is 15.4. The molecule has 2 aromatic carbocycles. The van der Waals surface area contributed by atoms with Crippen LogP contribution >= 0.6 is 0 Å². The highest BCUT2D eigenvalue weighted by molar-refractivity contribution is 5.83. The number of nitrogens with zero attached hydrogens (tertiary/aromatic N) is 3. The maximum atomic E-state index is 13.8. The molecular weight excluding hydrogens is 402 g/mol. The van der Waals surface area contributed by atoms with Crippen LogP contribution in [0.25, 0.3) is 11.5 Å². The highest BCUT2D eigenvalue weighted by atomic mass is 16.3. The largest absolute Gasteiger partial charge is 0.463 e. The molecule has 0 radical (unpaired) electrons. The molecule has 0 aliphatic rings. The molecule has 0 saturated carbocycles. The lowest BCUT2D eigenvalue weighted by molar-refractivity contribution is -0.141. The SMILES string of the molecule is CC(C)(C(=O)N(Cc1ccccc1)Cc1ccccc1)n1nc(-c2ccco2)ccc1=O. The standard InChI is InChI=1S/C26H25N3O3/c1-26(2,29-24(30)16-15-22(27-29)23-14-9-17-32-23)25(31)28(18-20-10-5-3-6-11-20)19-21-12-7-4-8-13-21/h3-17H,18-19H2,1-2H3.